The number of H-pyrrole nitrogens is 1. The van der Waals surface area contributed by atoms with E-state index in [0.717, 1.165) is 0 Å². The summed E-state index contributed by atoms with van der Waals surface area (Å²) in [4.78, 5) is 17.7. The molecule has 0 fully saturated rings. The van der Waals surface area contributed by atoms with Crippen molar-refractivity contribution < 1.29 is 17.9 Å². The number of sulfonamides is 1. The molecule has 0 radical (unpaired) electrons. The molecule has 2 aromatic heterocycles. The number of hydrogen-bond acceptors (Lipinski definition) is 6. The maximum Gasteiger partial charge on any atom is 0.327 e. The molecule has 2 N–H and O–H groups in total. The van der Waals surface area contributed by atoms with E-state index in [0.29, 0.717) is 12.2 Å². The van der Waals surface area contributed by atoms with E-state index in [1.54, 1.807) is 0 Å². The van der Waals surface area contributed by atoms with Crippen molar-refractivity contribution in [3.63, 3.8) is 0 Å². The molecule has 9 nitrogen and oxygen atoms in total. The van der Waals surface area contributed by atoms with Crippen LogP contribution in [-0.2, 0) is 32.5 Å². The van der Waals surface area contributed by atoms with Crippen molar-refractivity contribution in [2.24, 2.45) is 0 Å². The second-order valence-electron chi connectivity index (χ2n) is 4.16. The predicted molar refractivity (Wildman–Crippen MR) is 73.0 cm³/mol. The maximum absolute atomic E-state index is 12.1. The molecule has 0 aromatic carbocycles. The van der Waals surface area contributed by atoms with Crippen molar-refractivity contribution in [1.29, 1.82) is 0 Å². The molecule has 2 aromatic rings. The molecule has 0 unspecified atom stereocenters. The average Bonchev–Trinajstić information content (AvgIpc) is 3.07. The topological polar surface area (TPSA) is 119 Å². The zero-order valence-electron chi connectivity index (χ0n) is 11.5. The summed E-state index contributed by atoms with van der Waals surface area (Å²) >= 11 is 0. The van der Waals surface area contributed by atoms with Gasteiger partial charge >= 0.3 is 5.97 Å². The lowest BCUT2D eigenvalue weighted by Crippen LogP contribution is -2.13. The minimum absolute atomic E-state index is 0.0277. The van der Waals surface area contributed by atoms with Gasteiger partial charge < -0.3 is 9.72 Å². The third-order valence-corrected chi connectivity index (χ3v) is 3.92. The normalized spacial score (nSPS) is 11.3. The van der Waals surface area contributed by atoms with Crippen molar-refractivity contribution >= 4 is 21.7 Å². The minimum atomic E-state index is -3.76. The first kappa shape index (κ1) is 15.0. The van der Waals surface area contributed by atoms with Crippen molar-refractivity contribution in [3.8, 4) is 0 Å². The number of methoxy groups -OCH3 is 1. The van der Waals surface area contributed by atoms with Gasteiger partial charge in [0.05, 0.1) is 25.2 Å². The van der Waals surface area contributed by atoms with Crippen LogP contribution in [-0.4, -0.2) is 41.2 Å². The summed E-state index contributed by atoms with van der Waals surface area (Å²) in [5.41, 5.74) is 0.242. The molecule has 10 heteroatoms. The number of esters is 1. The zero-order valence-corrected chi connectivity index (χ0v) is 12.3. The molecule has 0 saturated heterocycles. The van der Waals surface area contributed by atoms with Gasteiger partial charge in [-0.25, -0.2) is 4.98 Å². The summed E-state index contributed by atoms with van der Waals surface area (Å²) in [5.74, 6) is 0.102. The Morgan fingerprint density at radius 1 is 1.48 bits per heavy atom. The summed E-state index contributed by atoms with van der Waals surface area (Å²) in [6.07, 6.45) is 4.55. The SMILES string of the molecule is CCc1ncc(S(=O)(=O)Nc2cnn(CC(=O)OC)c2)[nH]1. The molecule has 0 atom stereocenters. The molecule has 114 valence electrons. The first-order valence-corrected chi connectivity index (χ1v) is 7.59. The van der Waals surface area contributed by atoms with Crippen molar-refractivity contribution in [2.45, 2.75) is 24.9 Å². The third kappa shape index (κ3) is 3.60. The van der Waals surface area contributed by atoms with Crippen LogP contribution in [0.3, 0.4) is 0 Å². The number of nitrogens with one attached hydrogen (secondary N) is 2. The molecule has 0 saturated carbocycles. The Kier molecular flexibility index (Phi) is 4.26. The molecule has 2 heterocycles. The van der Waals surface area contributed by atoms with E-state index >= 15 is 0 Å². The monoisotopic (exact) mass is 313 g/mol. The highest BCUT2D eigenvalue weighted by molar-refractivity contribution is 7.92. The van der Waals surface area contributed by atoms with Gasteiger partial charge in [-0.15, -0.1) is 0 Å². The van der Waals surface area contributed by atoms with Crippen LogP contribution >= 0.6 is 0 Å². The number of rotatable bonds is 6. The maximum atomic E-state index is 12.1. The first-order chi connectivity index (χ1) is 9.94. The summed E-state index contributed by atoms with van der Waals surface area (Å²) in [5, 5.41) is 3.84. The van der Waals surface area contributed by atoms with Gasteiger partial charge in [-0.05, 0) is 0 Å². The smallest absolute Gasteiger partial charge is 0.327 e. The summed E-state index contributed by atoms with van der Waals surface area (Å²) < 4.78 is 32.3. The number of ether oxygens (including phenoxy) is 1. The van der Waals surface area contributed by atoms with Gasteiger partial charge in [0, 0.05) is 12.6 Å². The average molecular weight is 313 g/mol. The fraction of sp³-hybridized carbons (Fsp3) is 0.364. The molecule has 21 heavy (non-hydrogen) atoms. The van der Waals surface area contributed by atoms with Crippen molar-refractivity contribution in [3.05, 3.63) is 24.4 Å². The standard InChI is InChI=1S/C11H15N5O4S/c1-3-9-12-5-10(14-9)21(18,19)15-8-4-13-16(6-8)7-11(17)20-2/h4-6,15H,3,7H2,1-2H3,(H,12,14). The van der Waals surface area contributed by atoms with Gasteiger partial charge in [0.25, 0.3) is 10.0 Å². The Hall–Kier alpha value is -2.36. The van der Waals surface area contributed by atoms with Crippen LogP contribution in [0.2, 0.25) is 0 Å². The highest BCUT2D eigenvalue weighted by Crippen LogP contribution is 2.13. The number of hydrogen-bond donors (Lipinski definition) is 2. The van der Waals surface area contributed by atoms with Gasteiger partial charge in [-0.3, -0.25) is 14.2 Å². The number of nitrogens with zero attached hydrogens (tertiary/aromatic N) is 3. The molecule has 0 bridgehead atoms. The second-order valence-corrected chi connectivity index (χ2v) is 5.81. The number of imidazole rings is 1. The van der Waals surface area contributed by atoms with Gasteiger partial charge in [0.15, 0.2) is 5.03 Å². The molecule has 2 rings (SSSR count). The largest absolute Gasteiger partial charge is 0.468 e. The fourth-order valence-corrected chi connectivity index (χ4v) is 2.54. The lowest BCUT2D eigenvalue weighted by Gasteiger charge is -2.02. The number of carbonyl (C=O) groups is 1. The second kappa shape index (κ2) is 5.95. The van der Waals surface area contributed by atoms with E-state index in [2.05, 4.69) is 24.5 Å². The minimum Gasteiger partial charge on any atom is -0.468 e. The highest BCUT2D eigenvalue weighted by atomic mass is 32.2. The van der Waals surface area contributed by atoms with Crippen LogP contribution < -0.4 is 4.72 Å². The Morgan fingerprint density at radius 2 is 2.24 bits per heavy atom. The van der Waals surface area contributed by atoms with Crippen LogP contribution in [0.15, 0.2) is 23.6 Å². The van der Waals surface area contributed by atoms with Crippen molar-refractivity contribution in [2.75, 3.05) is 11.8 Å². The summed E-state index contributed by atoms with van der Waals surface area (Å²) in [7, 11) is -2.50. The Bertz CT molecular complexity index is 733. The lowest BCUT2D eigenvalue weighted by atomic mass is 10.5. The van der Waals surface area contributed by atoms with Crippen LogP contribution in [0.5, 0.6) is 0 Å². The number of aromatic nitrogens is 4. The van der Waals surface area contributed by atoms with E-state index in [4.69, 9.17) is 0 Å². The van der Waals surface area contributed by atoms with Crippen LogP contribution in [0, 0.1) is 0 Å². The van der Waals surface area contributed by atoms with E-state index in [1.807, 2.05) is 6.92 Å². The Labute approximate surface area is 121 Å². The number of carbonyl (C=O) groups excluding carboxylic acids is 1. The number of aryl methyl sites for hydroxylation is 1. The molecular formula is C11H15N5O4S. The first-order valence-electron chi connectivity index (χ1n) is 6.10. The van der Waals surface area contributed by atoms with Crippen molar-refractivity contribution in [1.82, 2.24) is 19.7 Å². The molecule has 0 spiro atoms. The van der Waals surface area contributed by atoms with E-state index in [9.17, 15) is 13.2 Å². The Balaban J connectivity index is 2.11. The fourth-order valence-electron chi connectivity index (χ4n) is 1.57. The van der Waals surface area contributed by atoms with Gasteiger partial charge in [0.2, 0.25) is 0 Å². The molecule has 0 amide bonds. The molecule has 0 aliphatic rings. The van der Waals surface area contributed by atoms with E-state index in [-0.39, 0.29) is 17.3 Å². The zero-order chi connectivity index (χ0) is 15.5. The van der Waals surface area contributed by atoms with Crippen LogP contribution in [0.25, 0.3) is 0 Å². The van der Waals surface area contributed by atoms with Gasteiger partial charge in [-0.1, -0.05) is 6.92 Å². The summed E-state index contributed by atoms with van der Waals surface area (Å²) in [6.45, 7) is 1.77. The van der Waals surface area contributed by atoms with Crippen LogP contribution in [0.4, 0.5) is 5.69 Å². The van der Waals surface area contributed by atoms with Crippen LogP contribution in [0.1, 0.15) is 12.7 Å². The van der Waals surface area contributed by atoms with Gasteiger partial charge in [-0.2, -0.15) is 13.5 Å². The third-order valence-electron chi connectivity index (χ3n) is 2.63. The summed E-state index contributed by atoms with van der Waals surface area (Å²) in [6, 6.07) is 0. The Morgan fingerprint density at radius 3 is 2.86 bits per heavy atom. The van der Waals surface area contributed by atoms with E-state index < -0.39 is 16.0 Å². The van der Waals surface area contributed by atoms with E-state index in [1.165, 1.54) is 30.4 Å². The number of aromatic amines is 1. The van der Waals surface area contributed by atoms with Gasteiger partial charge in [0.1, 0.15) is 12.4 Å². The molecular weight excluding hydrogens is 298 g/mol. The molecule has 0 aliphatic heterocycles. The predicted octanol–water partition coefficient (Wildman–Crippen LogP) is 0.142. The quantitative estimate of drug-likeness (QED) is 0.732. The highest BCUT2D eigenvalue weighted by Gasteiger charge is 2.18. The number of anilines is 1. The lowest BCUT2D eigenvalue weighted by molar-refractivity contribution is -0.141. The molecule has 0 aliphatic carbocycles.